The summed E-state index contributed by atoms with van der Waals surface area (Å²) in [7, 11) is 0. The molecule has 5 nitrogen and oxygen atoms in total. The van der Waals surface area contributed by atoms with Crippen LogP contribution >= 0.6 is 11.6 Å². The minimum absolute atomic E-state index is 0.203. The number of nitrogens with zero attached hydrogens (tertiary/aromatic N) is 3. The quantitative estimate of drug-likeness (QED) is 0.501. The molecule has 2 heterocycles. The van der Waals surface area contributed by atoms with Crippen molar-refractivity contribution in [3.05, 3.63) is 94.7 Å². The Bertz CT molecular complexity index is 1140. The molecule has 1 aliphatic rings. The SMILES string of the molecule is Clc1ccccc1C1Cc2cnc(NCCc3c[nH]cn3)nc2-c2ccccc21. The first-order chi connectivity index (χ1) is 14.3. The molecule has 0 bridgehead atoms. The monoisotopic (exact) mass is 401 g/mol. The Hall–Kier alpha value is -3.18. The Morgan fingerprint density at radius 3 is 2.69 bits per heavy atom. The number of imidazole rings is 1. The summed E-state index contributed by atoms with van der Waals surface area (Å²) >= 11 is 6.53. The van der Waals surface area contributed by atoms with Crippen LogP contribution in [0.25, 0.3) is 11.3 Å². The molecule has 2 N–H and O–H groups in total. The van der Waals surface area contributed by atoms with Gasteiger partial charge in [0.2, 0.25) is 5.95 Å². The van der Waals surface area contributed by atoms with Gasteiger partial charge in [-0.25, -0.2) is 15.0 Å². The number of nitrogens with one attached hydrogen (secondary N) is 2. The van der Waals surface area contributed by atoms with Crippen molar-refractivity contribution in [1.29, 1.82) is 0 Å². The average molecular weight is 402 g/mol. The summed E-state index contributed by atoms with van der Waals surface area (Å²) in [5, 5.41) is 4.12. The van der Waals surface area contributed by atoms with E-state index in [-0.39, 0.29) is 5.92 Å². The zero-order valence-corrected chi connectivity index (χ0v) is 16.5. The van der Waals surface area contributed by atoms with Crippen LogP contribution < -0.4 is 5.32 Å². The molecule has 29 heavy (non-hydrogen) atoms. The van der Waals surface area contributed by atoms with Crippen molar-refractivity contribution in [2.24, 2.45) is 0 Å². The van der Waals surface area contributed by atoms with Gasteiger partial charge in [0.25, 0.3) is 0 Å². The highest BCUT2D eigenvalue weighted by molar-refractivity contribution is 6.31. The van der Waals surface area contributed by atoms with Gasteiger partial charge >= 0.3 is 0 Å². The standard InChI is InChI=1S/C23H20ClN5/c24-21-8-4-3-6-18(21)20-11-15-12-27-23(26-10-9-16-13-25-14-28-16)29-22(15)19-7-2-1-5-17(19)20/h1-8,12-14,20H,9-11H2,(H,25,28)(H,26,27,29). The summed E-state index contributed by atoms with van der Waals surface area (Å²) in [4.78, 5) is 16.6. The van der Waals surface area contributed by atoms with E-state index in [9.17, 15) is 0 Å². The van der Waals surface area contributed by atoms with Gasteiger partial charge in [-0.1, -0.05) is 54.1 Å². The van der Waals surface area contributed by atoms with Crippen LogP contribution in [0.4, 0.5) is 5.95 Å². The number of aromatic nitrogens is 4. The Morgan fingerprint density at radius 1 is 1.03 bits per heavy atom. The summed E-state index contributed by atoms with van der Waals surface area (Å²) in [6.45, 7) is 0.730. The smallest absolute Gasteiger partial charge is 0.223 e. The van der Waals surface area contributed by atoms with Crippen molar-refractivity contribution in [3.63, 3.8) is 0 Å². The zero-order valence-electron chi connectivity index (χ0n) is 15.8. The van der Waals surface area contributed by atoms with Crippen LogP contribution in [0.3, 0.4) is 0 Å². The van der Waals surface area contributed by atoms with Crippen molar-refractivity contribution >= 4 is 17.5 Å². The molecule has 0 fully saturated rings. The van der Waals surface area contributed by atoms with E-state index < -0.39 is 0 Å². The highest BCUT2D eigenvalue weighted by Crippen LogP contribution is 2.43. The van der Waals surface area contributed by atoms with Crippen molar-refractivity contribution in [2.75, 3.05) is 11.9 Å². The lowest BCUT2D eigenvalue weighted by molar-refractivity contribution is 0.781. The normalized spacial score (nSPS) is 14.9. The molecule has 0 saturated heterocycles. The van der Waals surface area contributed by atoms with Gasteiger partial charge in [-0.3, -0.25) is 0 Å². The minimum atomic E-state index is 0.203. The lowest BCUT2D eigenvalue weighted by Crippen LogP contribution is -2.16. The molecule has 0 aliphatic heterocycles. The summed E-state index contributed by atoms with van der Waals surface area (Å²) in [6, 6.07) is 16.5. The van der Waals surface area contributed by atoms with Crippen LogP contribution in [-0.4, -0.2) is 26.5 Å². The number of anilines is 1. The molecule has 2 aromatic carbocycles. The fourth-order valence-corrected chi connectivity index (χ4v) is 4.25. The van der Waals surface area contributed by atoms with Crippen LogP contribution in [0.5, 0.6) is 0 Å². The van der Waals surface area contributed by atoms with Gasteiger partial charge in [0.05, 0.1) is 17.7 Å². The minimum Gasteiger partial charge on any atom is -0.354 e. The molecule has 0 amide bonds. The molecule has 1 unspecified atom stereocenters. The van der Waals surface area contributed by atoms with Crippen LogP contribution in [0, 0.1) is 0 Å². The summed E-state index contributed by atoms with van der Waals surface area (Å²) in [5.41, 5.74) is 6.72. The number of benzene rings is 2. The van der Waals surface area contributed by atoms with Gasteiger partial charge in [-0.05, 0) is 29.2 Å². The number of halogens is 1. The van der Waals surface area contributed by atoms with E-state index in [1.807, 2.05) is 30.6 Å². The topological polar surface area (TPSA) is 66.5 Å². The molecule has 1 aliphatic carbocycles. The Balaban J connectivity index is 1.45. The highest BCUT2D eigenvalue weighted by atomic mass is 35.5. The largest absolute Gasteiger partial charge is 0.354 e. The number of hydrogen-bond acceptors (Lipinski definition) is 4. The molecule has 5 rings (SSSR count). The van der Waals surface area contributed by atoms with Gasteiger partial charge in [0.1, 0.15) is 0 Å². The van der Waals surface area contributed by atoms with Crippen LogP contribution in [0.1, 0.15) is 28.3 Å². The maximum Gasteiger partial charge on any atom is 0.223 e. The van der Waals surface area contributed by atoms with Gasteiger partial charge in [-0.15, -0.1) is 0 Å². The lowest BCUT2D eigenvalue weighted by atomic mass is 9.78. The molecule has 1 atom stereocenters. The number of fused-ring (bicyclic) bond motifs is 3. The van der Waals surface area contributed by atoms with Crippen LogP contribution in [0.15, 0.2) is 67.3 Å². The molecule has 4 aromatic rings. The Morgan fingerprint density at radius 2 is 1.86 bits per heavy atom. The van der Waals surface area contributed by atoms with Crippen LogP contribution in [-0.2, 0) is 12.8 Å². The first kappa shape index (κ1) is 17.9. The number of rotatable bonds is 5. The van der Waals surface area contributed by atoms with E-state index in [1.165, 1.54) is 5.56 Å². The zero-order chi connectivity index (χ0) is 19.6. The van der Waals surface area contributed by atoms with Gasteiger partial charge in [0.15, 0.2) is 0 Å². The third-order valence-electron chi connectivity index (χ3n) is 5.38. The maximum atomic E-state index is 6.53. The Labute approximate surface area is 174 Å². The molecular formula is C23H20ClN5. The molecule has 0 radical (unpaired) electrons. The molecule has 0 spiro atoms. The first-order valence-corrected chi connectivity index (χ1v) is 10.1. The van der Waals surface area contributed by atoms with E-state index in [4.69, 9.17) is 16.6 Å². The van der Waals surface area contributed by atoms with E-state index in [0.29, 0.717) is 5.95 Å². The second-order valence-corrected chi connectivity index (χ2v) is 7.58. The second-order valence-electron chi connectivity index (χ2n) is 7.17. The van der Waals surface area contributed by atoms with E-state index in [0.717, 1.165) is 52.5 Å². The molecule has 2 aromatic heterocycles. The van der Waals surface area contributed by atoms with E-state index in [2.05, 4.69) is 50.6 Å². The number of H-pyrrole nitrogens is 1. The third kappa shape index (κ3) is 3.49. The average Bonchev–Trinajstić information content (AvgIpc) is 3.27. The maximum absolute atomic E-state index is 6.53. The van der Waals surface area contributed by atoms with E-state index >= 15 is 0 Å². The van der Waals surface area contributed by atoms with Crippen molar-refractivity contribution < 1.29 is 0 Å². The summed E-state index contributed by atoms with van der Waals surface area (Å²) in [6.07, 6.45) is 7.19. The molecule has 144 valence electrons. The van der Waals surface area contributed by atoms with Gasteiger partial charge in [-0.2, -0.15) is 0 Å². The van der Waals surface area contributed by atoms with E-state index in [1.54, 1.807) is 6.33 Å². The third-order valence-corrected chi connectivity index (χ3v) is 5.72. The summed E-state index contributed by atoms with van der Waals surface area (Å²) in [5.74, 6) is 0.847. The van der Waals surface area contributed by atoms with Gasteiger partial charge in [0, 0.05) is 41.9 Å². The fraction of sp³-hybridized carbons (Fsp3) is 0.174. The molecular weight excluding hydrogens is 382 g/mol. The first-order valence-electron chi connectivity index (χ1n) is 9.71. The lowest BCUT2D eigenvalue weighted by Gasteiger charge is -2.28. The van der Waals surface area contributed by atoms with Crippen molar-refractivity contribution in [2.45, 2.75) is 18.8 Å². The molecule has 0 saturated carbocycles. The summed E-state index contributed by atoms with van der Waals surface area (Å²) < 4.78 is 0. The highest BCUT2D eigenvalue weighted by Gasteiger charge is 2.28. The predicted molar refractivity (Wildman–Crippen MR) is 115 cm³/mol. The van der Waals surface area contributed by atoms with Crippen molar-refractivity contribution in [1.82, 2.24) is 19.9 Å². The Kier molecular flexibility index (Phi) is 4.74. The van der Waals surface area contributed by atoms with Crippen LogP contribution in [0.2, 0.25) is 5.02 Å². The molecule has 6 heteroatoms. The number of aromatic amines is 1. The predicted octanol–water partition coefficient (Wildman–Crippen LogP) is 4.86. The second kappa shape index (κ2) is 7.68. The fourth-order valence-electron chi connectivity index (χ4n) is 3.99. The number of hydrogen-bond donors (Lipinski definition) is 2. The van der Waals surface area contributed by atoms with Gasteiger partial charge < -0.3 is 10.3 Å². The van der Waals surface area contributed by atoms with Crippen molar-refractivity contribution in [3.8, 4) is 11.3 Å².